The molecule has 0 amide bonds. The molecule has 2 aromatic rings. The van der Waals surface area contributed by atoms with E-state index >= 15 is 0 Å². The lowest BCUT2D eigenvalue weighted by molar-refractivity contribution is -0.154. The van der Waals surface area contributed by atoms with Gasteiger partial charge >= 0.3 is 13.3 Å². The van der Waals surface area contributed by atoms with Crippen molar-refractivity contribution in [2.45, 2.75) is 64.0 Å². The van der Waals surface area contributed by atoms with Crippen LogP contribution in [0.2, 0.25) is 0 Å². The van der Waals surface area contributed by atoms with E-state index in [-0.39, 0.29) is 11.9 Å². The maximum absolute atomic E-state index is 12.3. The van der Waals surface area contributed by atoms with Gasteiger partial charge in [0.25, 0.3) is 0 Å². The second-order valence-electron chi connectivity index (χ2n) is 8.96. The molecule has 1 saturated heterocycles. The highest BCUT2D eigenvalue weighted by molar-refractivity contribution is 6.62. The average Bonchev–Trinajstić information content (AvgIpc) is 3.29. The van der Waals surface area contributed by atoms with Crippen molar-refractivity contribution < 1.29 is 27.2 Å². The molecule has 6 nitrogen and oxygen atoms in total. The molecule has 162 valence electrons. The van der Waals surface area contributed by atoms with Crippen LogP contribution < -0.4 is 10.2 Å². The van der Waals surface area contributed by atoms with Crippen molar-refractivity contribution >= 4 is 12.6 Å². The number of halogens is 3. The largest absolute Gasteiger partial charge is 0.498 e. The summed E-state index contributed by atoms with van der Waals surface area (Å²) in [6.45, 7) is 6.63. The molecule has 0 spiro atoms. The van der Waals surface area contributed by atoms with Gasteiger partial charge in [0.2, 0.25) is 5.88 Å². The Kier molecular flexibility index (Phi) is 5.13. The normalized spacial score (nSPS) is 21.6. The summed E-state index contributed by atoms with van der Waals surface area (Å²) >= 11 is 0. The van der Waals surface area contributed by atoms with Gasteiger partial charge in [-0.15, -0.1) is 0 Å². The minimum Gasteiger partial charge on any atom is -0.468 e. The molecule has 3 heterocycles. The average molecular weight is 423 g/mol. The molecule has 1 saturated carbocycles. The second-order valence-corrected chi connectivity index (χ2v) is 8.96. The van der Waals surface area contributed by atoms with Crippen LogP contribution in [0.5, 0.6) is 5.88 Å². The van der Waals surface area contributed by atoms with Gasteiger partial charge in [-0.2, -0.15) is 18.3 Å². The molecule has 30 heavy (non-hydrogen) atoms. The Morgan fingerprint density at radius 2 is 1.83 bits per heavy atom. The smallest absolute Gasteiger partial charge is 0.468 e. The zero-order valence-corrected chi connectivity index (χ0v) is 17.4. The van der Waals surface area contributed by atoms with E-state index in [2.05, 4.69) is 10.1 Å². The first-order valence-corrected chi connectivity index (χ1v) is 10.0. The third kappa shape index (κ3) is 4.34. The van der Waals surface area contributed by atoms with Crippen LogP contribution in [0.3, 0.4) is 0 Å². The number of ether oxygens (including phenoxy) is 1. The fraction of sp³-hybridized carbons (Fsp3) is 0.600. The number of alkyl halides is 3. The van der Waals surface area contributed by atoms with E-state index in [1.807, 2.05) is 38.6 Å². The van der Waals surface area contributed by atoms with Crippen LogP contribution in [0.1, 0.15) is 52.1 Å². The van der Waals surface area contributed by atoms with Crippen molar-refractivity contribution in [1.29, 1.82) is 0 Å². The Morgan fingerprint density at radius 1 is 1.17 bits per heavy atom. The Bertz CT molecular complexity index is 879. The zero-order valence-electron chi connectivity index (χ0n) is 17.4. The summed E-state index contributed by atoms with van der Waals surface area (Å²) < 4.78 is 55.7. The van der Waals surface area contributed by atoms with Crippen molar-refractivity contribution in [3.63, 3.8) is 0 Å². The van der Waals surface area contributed by atoms with Crippen LogP contribution in [0.15, 0.2) is 30.7 Å². The van der Waals surface area contributed by atoms with E-state index in [0.29, 0.717) is 5.92 Å². The van der Waals surface area contributed by atoms with Crippen molar-refractivity contribution in [3.05, 3.63) is 36.3 Å². The molecule has 2 aromatic heterocycles. The Labute approximate surface area is 173 Å². The lowest BCUT2D eigenvalue weighted by atomic mass is 9.82. The zero-order chi connectivity index (χ0) is 21.7. The minimum atomic E-state index is -4.39. The van der Waals surface area contributed by atoms with Gasteiger partial charge in [-0.3, -0.25) is 4.68 Å². The summed E-state index contributed by atoms with van der Waals surface area (Å²) in [4.78, 5) is 4.05. The van der Waals surface area contributed by atoms with Crippen molar-refractivity contribution in [3.8, 4) is 5.88 Å². The summed E-state index contributed by atoms with van der Waals surface area (Å²) in [6.07, 6.45) is 2.94. The molecule has 4 rings (SSSR count). The summed E-state index contributed by atoms with van der Waals surface area (Å²) in [7, 11) is -0.500. The van der Waals surface area contributed by atoms with E-state index in [9.17, 15) is 13.2 Å². The first-order valence-electron chi connectivity index (χ1n) is 10.0. The topological polar surface area (TPSA) is 58.4 Å². The highest BCUT2D eigenvalue weighted by atomic mass is 19.4. The van der Waals surface area contributed by atoms with Gasteiger partial charge in [0.1, 0.15) is 0 Å². The number of hydrogen-bond acceptors (Lipinski definition) is 5. The summed E-state index contributed by atoms with van der Waals surface area (Å²) in [6, 6.07) is 3.16. The van der Waals surface area contributed by atoms with E-state index in [1.54, 1.807) is 18.5 Å². The van der Waals surface area contributed by atoms with Gasteiger partial charge in [-0.1, -0.05) is 0 Å². The maximum Gasteiger partial charge on any atom is 0.498 e. The van der Waals surface area contributed by atoms with Gasteiger partial charge in [0, 0.05) is 30.1 Å². The van der Waals surface area contributed by atoms with E-state index in [0.717, 1.165) is 23.9 Å². The number of aromatic nitrogens is 3. The highest BCUT2D eigenvalue weighted by Crippen LogP contribution is 2.43. The van der Waals surface area contributed by atoms with Crippen LogP contribution in [0, 0.1) is 5.92 Å². The quantitative estimate of drug-likeness (QED) is 0.666. The first kappa shape index (κ1) is 21.2. The maximum atomic E-state index is 12.3. The monoisotopic (exact) mass is 423 g/mol. The van der Waals surface area contributed by atoms with Crippen molar-refractivity contribution in [2.24, 2.45) is 5.92 Å². The predicted octanol–water partition coefficient (Wildman–Crippen LogP) is 3.52. The van der Waals surface area contributed by atoms with Gasteiger partial charge < -0.3 is 14.0 Å². The number of hydrogen-bond donors (Lipinski definition) is 0. The van der Waals surface area contributed by atoms with Crippen LogP contribution >= 0.6 is 0 Å². The summed E-state index contributed by atoms with van der Waals surface area (Å²) in [5, 5.41) is 4.53. The second kappa shape index (κ2) is 7.27. The Morgan fingerprint density at radius 3 is 2.37 bits per heavy atom. The lowest BCUT2D eigenvalue weighted by Gasteiger charge is -2.32. The molecule has 0 bridgehead atoms. The number of rotatable bonds is 6. The van der Waals surface area contributed by atoms with Gasteiger partial charge in [0.15, 0.2) is 6.61 Å². The first-order chi connectivity index (χ1) is 14.0. The van der Waals surface area contributed by atoms with E-state index in [4.69, 9.17) is 14.0 Å². The molecule has 1 atom stereocenters. The third-order valence-electron chi connectivity index (χ3n) is 5.98. The molecule has 0 aromatic carbocycles. The molecule has 0 radical (unpaired) electrons. The highest BCUT2D eigenvalue weighted by Gasteiger charge is 2.52. The van der Waals surface area contributed by atoms with Crippen molar-refractivity contribution in [1.82, 2.24) is 14.8 Å². The standard InChI is InChI=1S/C20H25BF3N3O3/c1-18(2)19(3,4)30-21(29-18)15-10-26-27(11-15)17(13-5-6-13)14-7-8-16(25-9-14)28-12-20(22,23)24/h7-11,13,17H,5-6,12H2,1-4H3. The van der Waals surface area contributed by atoms with Crippen LogP contribution in [-0.2, 0) is 9.31 Å². The third-order valence-corrected chi connectivity index (χ3v) is 5.98. The SMILES string of the molecule is CC1(C)OB(c2cnn(C(c3ccc(OCC(F)(F)F)nc3)C3CC3)c2)OC1(C)C. The van der Waals surface area contributed by atoms with Crippen LogP contribution in [-0.4, -0.2) is 45.9 Å². The molecule has 2 aliphatic rings. The van der Waals surface area contributed by atoms with Crippen LogP contribution in [0.4, 0.5) is 13.2 Å². The number of nitrogens with zero attached hydrogens (tertiary/aromatic N) is 3. The summed E-state index contributed by atoms with van der Waals surface area (Å²) in [5.74, 6) is 0.351. The molecule has 1 aliphatic carbocycles. The molecule has 1 unspecified atom stereocenters. The Hall–Kier alpha value is -2.07. The van der Waals surface area contributed by atoms with Gasteiger partial charge in [-0.05, 0) is 58.1 Å². The van der Waals surface area contributed by atoms with Gasteiger partial charge in [0.05, 0.1) is 17.2 Å². The predicted molar refractivity (Wildman–Crippen MR) is 105 cm³/mol. The molecule has 10 heteroatoms. The number of pyridine rings is 1. The fourth-order valence-corrected chi connectivity index (χ4v) is 3.47. The molecule has 2 fully saturated rings. The molecular weight excluding hydrogens is 398 g/mol. The van der Waals surface area contributed by atoms with E-state index < -0.39 is 31.1 Å². The Balaban J connectivity index is 1.51. The summed E-state index contributed by atoms with van der Waals surface area (Å²) in [5.41, 5.74) is 0.829. The fourth-order valence-electron chi connectivity index (χ4n) is 3.47. The van der Waals surface area contributed by atoms with Crippen LogP contribution in [0.25, 0.3) is 0 Å². The molecular formula is C20H25BF3N3O3. The lowest BCUT2D eigenvalue weighted by Crippen LogP contribution is -2.41. The van der Waals surface area contributed by atoms with Gasteiger partial charge in [-0.25, -0.2) is 4.98 Å². The van der Waals surface area contributed by atoms with Crippen molar-refractivity contribution in [2.75, 3.05) is 6.61 Å². The van der Waals surface area contributed by atoms with E-state index in [1.165, 1.54) is 6.07 Å². The minimum absolute atomic E-state index is 0.0506. The molecule has 0 N–H and O–H groups in total. The molecule has 1 aliphatic heterocycles.